The minimum absolute atomic E-state index is 0.0345. The zero-order valence-corrected chi connectivity index (χ0v) is 51.7. The maximum atomic E-state index is 12.2. The highest BCUT2D eigenvalue weighted by atomic mass is 16.6. The minimum atomic E-state index is -0.458. The van der Waals surface area contributed by atoms with Gasteiger partial charge >= 0.3 is 11.4 Å². The van der Waals surface area contributed by atoms with Crippen LogP contribution in [0.3, 0.4) is 0 Å². The molecular formula is C60H87N15O12. The number of hydrogen-bond acceptors (Lipinski definition) is 21. The van der Waals surface area contributed by atoms with Gasteiger partial charge in [-0.15, -0.1) is 0 Å². The molecule has 8 fully saturated rings. The predicted molar refractivity (Wildman–Crippen MR) is 321 cm³/mol. The molecule has 8 N–H and O–H groups in total. The second-order valence-electron chi connectivity index (χ2n) is 24.4. The molecule has 8 bridgehead atoms. The Kier molecular flexibility index (Phi) is 17.5. The molecule has 14 rings (SSSR count). The first-order valence-corrected chi connectivity index (χ1v) is 31.3. The Bertz CT molecular complexity index is 3700. The molecule has 27 nitrogen and oxygen atoms in total. The summed E-state index contributed by atoms with van der Waals surface area (Å²) in [7, 11) is 0. The highest BCUT2D eigenvalue weighted by molar-refractivity contribution is 5.81. The maximum Gasteiger partial charge on any atom is 0.351 e. The van der Waals surface area contributed by atoms with Gasteiger partial charge in [-0.3, -0.25) is 37.8 Å². The molecule has 0 aromatic carbocycles. The van der Waals surface area contributed by atoms with Crippen molar-refractivity contribution in [2.75, 3.05) is 43.6 Å². The summed E-state index contributed by atoms with van der Waals surface area (Å²) >= 11 is 0. The van der Waals surface area contributed by atoms with E-state index < -0.39 is 18.1 Å². The third-order valence-corrected chi connectivity index (χ3v) is 20.6. The summed E-state index contributed by atoms with van der Waals surface area (Å²) < 4.78 is 56.3. The standard InChI is InChI=1S/C15H21N5O3.C15H21N5O2.C15H23N3O3.C15H22N2O4/c1-3-8-10-13(23-15(8,4-2)5-6-22-10)20-7-17-9-11(20)18-14(16)19-12(9)21;1-3-9-11-14(22-15(9,4-2)5-6-21-11)20-8-19-10-12(16)17-7-18-13(10)20;1-4-10-11-13(21-15(10,5-2)6-7-20-11)18-8-9(3)12(16)17-14(18)19;1-4-10-11-13(21-15(10,5-2)6-7-20-11)17-8-9(3)12(18)16-14(17)19/h7-8,10,13H,3-6H2,1-2H3,(H3,16,18,19,21);7-9,11,14H,3-6H2,1-2H3,(H2,16,17,18);8,10-11,13H,4-7H2,1-3H3,(H2,16,17,19);8,10-11,13H,4-7H2,1-3H3,(H,16,18,19)/t8?,10-,13+,15-;9?,11-,14+,15-;2*10?,11-,13+,15-/m0000/s1. The first-order valence-electron chi connectivity index (χ1n) is 31.3. The SMILES string of the molecule is CCC1[C@@H]2OCC[C@]1(CC)O[C@H]2n1cc(C)c(=O)[nH]c1=O.CCC1[C@@H]2OCC[C@]1(CC)O[C@H]2n1cc(C)c(N)nc1=O.CCC1[C@@H]2OCC[C@]1(CC)O[C@H]2n1cnc2c(=O)[nH]c(N)nc21.CCC1[C@@H]2OCC[C@]1(CC)O[C@H]2n1cnc2c(N)ncnc21. The molecule has 4 unspecified atom stereocenters. The number of nitrogens with two attached hydrogens (primary N) is 3. The molecule has 474 valence electrons. The summed E-state index contributed by atoms with van der Waals surface area (Å²) in [6.07, 6.45) is 17.7. The van der Waals surface area contributed by atoms with Crippen molar-refractivity contribution in [3.05, 3.63) is 84.2 Å². The van der Waals surface area contributed by atoms with E-state index in [9.17, 15) is 19.2 Å². The van der Waals surface area contributed by atoms with Gasteiger partial charge in [0.05, 0.1) is 35.1 Å². The smallest absolute Gasteiger partial charge is 0.351 e. The molecule has 16 atom stereocenters. The van der Waals surface area contributed by atoms with Crippen LogP contribution in [0, 0.1) is 37.5 Å². The van der Waals surface area contributed by atoms with Crippen LogP contribution < -0.4 is 39.7 Å². The fourth-order valence-corrected chi connectivity index (χ4v) is 15.9. The molecule has 0 aliphatic carbocycles. The third kappa shape index (κ3) is 10.5. The molecule has 0 spiro atoms. The van der Waals surface area contributed by atoms with Gasteiger partial charge in [-0.1, -0.05) is 55.4 Å². The number of nitrogens with one attached hydrogen (secondary N) is 2. The Balaban J connectivity index is 0.000000120. The van der Waals surface area contributed by atoms with Crippen molar-refractivity contribution < 1.29 is 37.9 Å². The van der Waals surface area contributed by atoms with E-state index in [-0.39, 0.29) is 99.3 Å². The first kappa shape index (κ1) is 62.2. The second-order valence-corrected chi connectivity index (χ2v) is 24.4. The molecule has 8 aliphatic rings. The Morgan fingerprint density at radius 2 is 0.897 bits per heavy atom. The van der Waals surface area contributed by atoms with Gasteiger partial charge in [-0.2, -0.15) is 9.97 Å². The summed E-state index contributed by atoms with van der Waals surface area (Å²) in [6.45, 7) is 23.5. The zero-order chi connectivity index (χ0) is 61.9. The number of H-pyrrole nitrogens is 2. The summed E-state index contributed by atoms with van der Waals surface area (Å²) in [4.78, 5) is 77.6. The van der Waals surface area contributed by atoms with Gasteiger partial charge < -0.3 is 55.1 Å². The van der Waals surface area contributed by atoms with Crippen LogP contribution in [0.15, 0.2) is 50.6 Å². The van der Waals surface area contributed by atoms with E-state index in [4.69, 9.17) is 55.1 Å². The fraction of sp³-hybridized carbons (Fsp3) is 0.700. The minimum Gasteiger partial charge on any atom is -0.383 e. The third-order valence-electron chi connectivity index (χ3n) is 20.6. The molecule has 8 aliphatic heterocycles. The van der Waals surface area contributed by atoms with Crippen LogP contribution in [0.1, 0.15) is 168 Å². The lowest BCUT2D eigenvalue weighted by atomic mass is 9.78. The van der Waals surface area contributed by atoms with E-state index in [1.54, 1.807) is 41.1 Å². The van der Waals surface area contributed by atoms with Crippen molar-refractivity contribution in [2.24, 2.45) is 23.7 Å². The van der Waals surface area contributed by atoms with Crippen LogP contribution in [0.4, 0.5) is 17.6 Å². The Morgan fingerprint density at radius 1 is 0.483 bits per heavy atom. The van der Waals surface area contributed by atoms with Crippen molar-refractivity contribution in [3.8, 4) is 0 Å². The lowest BCUT2D eigenvalue weighted by Crippen LogP contribution is -2.44. The van der Waals surface area contributed by atoms with Gasteiger partial charge in [0, 0.05) is 99.3 Å². The summed E-state index contributed by atoms with van der Waals surface area (Å²) in [6, 6.07) is 0. The predicted octanol–water partition coefficient (Wildman–Crippen LogP) is 6.06. The number of nitrogen functional groups attached to an aromatic ring is 3. The van der Waals surface area contributed by atoms with E-state index in [1.165, 1.54) is 10.9 Å². The van der Waals surface area contributed by atoms with Crippen LogP contribution >= 0.6 is 0 Å². The molecule has 87 heavy (non-hydrogen) atoms. The zero-order valence-electron chi connectivity index (χ0n) is 51.7. The molecule has 14 heterocycles. The Morgan fingerprint density at radius 3 is 1.33 bits per heavy atom. The van der Waals surface area contributed by atoms with Gasteiger partial charge in [0.2, 0.25) is 5.95 Å². The van der Waals surface area contributed by atoms with Crippen molar-refractivity contribution in [1.29, 1.82) is 0 Å². The number of imidazole rings is 2. The largest absolute Gasteiger partial charge is 0.383 e. The first-order chi connectivity index (χ1) is 41.8. The average molecular weight is 1210 g/mol. The normalized spacial score (nSPS) is 34.5. The number of anilines is 3. The number of ether oxygens (including phenoxy) is 8. The maximum absolute atomic E-state index is 12.2. The summed E-state index contributed by atoms with van der Waals surface area (Å²) in [5.41, 5.74) is 18.4. The Hall–Kier alpha value is -6.46. The van der Waals surface area contributed by atoms with Crippen LogP contribution in [-0.2, 0) is 37.9 Å². The highest BCUT2D eigenvalue weighted by Gasteiger charge is 2.60. The van der Waals surface area contributed by atoms with E-state index >= 15 is 0 Å². The highest BCUT2D eigenvalue weighted by Crippen LogP contribution is 2.55. The number of aromatic amines is 2. The van der Waals surface area contributed by atoms with E-state index in [0.717, 1.165) is 89.2 Å². The van der Waals surface area contributed by atoms with Gasteiger partial charge in [-0.25, -0.2) is 29.5 Å². The lowest BCUT2D eigenvalue weighted by molar-refractivity contribution is -0.0921. The van der Waals surface area contributed by atoms with Crippen LogP contribution in [0.5, 0.6) is 0 Å². The molecule has 6 aromatic rings. The van der Waals surface area contributed by atoms with Crippen molar-refractivity contribution in [2.45, 2.75) is 218 Å². The molecular weight excluding hydrogens is 1120 g/mol. The second kappa shape index (κ2) is 24.5. The van der Waals surface area contributed by atoms with Gasteiger partial charge in [0.25, 0.3) is 11.1 Å². The quantitative estimate of drug-likeness (QED) is 0.0929. The molecule has 0 amide bonds. The van der Waals surface area contributed by atoms with Crippen LogP contribution in [0.2, 0.25) is 0 Å². The molecule has 27 heteroatoms. The van der Waals surface area contributed by atoms with Crippen molar-refractivity contribution in [3.63, 3.8) is 0 Å². The monoisotopic (exact) mass is 1210 g/mol. The number of aromatic nitrogens is 12. The molecule has 0 radical (unpaired) electrons. The van der Waals surface area contributed by atoms with E-state index in [1.807, 2.05) is 11.5 Å². The molecule has 8 saturated heterocycles. The van der Waals surface area contributed by atoms with Crippen LogP contribution in [0.25, 0.3) is 22.3 Å². The summed E-state index contributed by atoms with van der Waals surface area (Å²) in [5.74, 6) is 2.05. The van der Waals surface area contributed by atoms with Crippen LogP contribution in [-0.4, -0.2) is 131 Å². The molecule has 6 aromatic heterocycles. The number of fused-ring (bicyclic) bond motifs is 10. The van der Waals surface area contributed by atoms with E-state index in [2.05, 4.69) is 95.3 Å². The summed E-state index contributed by atoms with van der Waals surface area (Å²) in [5, 5.41) is 0. The van der Waals surface area contributed by atoms with E-state index in [0.29, 0.717) is 65.8 Å². The van der Waals surface area contributed by atoms with Gasteiger partial charge in [0.15, 0.2) is 47.5 Å². The van der Waals surface area contributed by atoms with Gasteiger partial charge in [0.1, 0.15) is 42.1 Å². The Labute approximate surface area is 503 Å². The lowest BCUT2D eigenvalue weighted by Gasteiger charge is -2.37. The topological polar surface area (TPSA) is 349 Å². The number of aryl methyl sites for hydroxylation is 2. The number of rotatable bonds is 12. The number of hydrogen-bond donors (Lipinski definition) is 5. The molecule has 0 saturated carbocycles. The number of nitrogens with zero attached hydrogens (tertiary/aromatic N) is 10. The van der Waals surface area contributed by atoms with Gasteiger partial charge in [-0.05, 0) is 65.2 Å². The average Bonchev–Trinajstić information content (AvgIpc) is 1.86. The van der Waals surface area contributed by atoms with Crippen molar-refractivity contribution >= 4 is 39.9 Å². The van der Waals surface area contributed by atoms with Crippen molar-refractivity contribution in [1.82, 2.24) is 58.1 Å². The fourth-order valence-electron chi connectivity index (χ4n) is 15.9.